The van der Waals surface area contributed by atoms with Crippen LogP contribution in [0, 0.1) is 0 Å². The van der Waals surface area contributed by atoms with Gasteiger partial charge in [0.05, 0.1) is 9.84 Å². The largest absolute Gasteiger partial charge is 0.458 e. The van der Waals surface area contributed by atoms with Gasteiger partial charge in [-0.1, -0.05) is 61.3 Å². The van der Waals surface area contributed by atoms with Crippen molar-refractivity contribution in [3.05, 3.63) is 35.4 Å². The lowest BCUT2D eigenvalue weighted by Crippen LogP contribution is -2.23. The fourth-order valence-electron chi connectivity index (χ4n) is 1.46. The van der Waals surface area contributed by atoms with Crippen molar-refractivity contribution >= 4 is 43.5 Å². The lowest BCUT2D eigenvalue weighted by molar-refractivity contribution is -0.139. The molecule has 1 aromatic carbocycles. The number of benzene rings is 1. The van der Waals surface area contributed by atoms with Gasteiger partial charge in [-0.25, -0.2) is 4.79 Å². The molecule has 0 fully saturated rings. The molecule has 6 heteroatoms. The molecule has 19 heavy (non-hydrogen) atoms. The van der Waals surface area contributed by atoms with Gasteiger partial charge in [0.25, 0.3) is 0 Å². The van der Waals surface area contributed by atoms with Gasteiger partial charge in [0.2, 0.25) is 0 Å². The number of alkyl halides is 2. The number of oxime groups is 1. The summed E-state index contributed by atoms with van der Waals surface area (Å²) in [7, 11) is 1.39. The number of carbonyl (C=O) groups excluding carboxylic acids is 1. The molecular formula is C13H15Br2NO3. The molecule has 0 unspecified atom stereocenters. The molecule has 0 radical (unpaired) electrons. The van der Waals surface area contributed by atoms with Gasteiger partial charge in [-0.15, -0.1) is 0 Å². The number of rotatable bonds is 5. The summed E-state index contributed by atoms with van der Waals surface area (Å²) >= 11 is 6.84. The van der Waals surface area contributed by atoms with Crippen molar-refractivity contribution in [3.8, 4) is 0 Å². The SMILES string of the molecule is CO/N=C(/C(=O)OC(C)C)c1ccccc1C(Br)Br. The van der Waals surface area contributed by atoms with Crippen molar-refractivity contribution < 1.29 is 14.4 Å². The highest BCUT2D eigenvalue weighted by atomic mass is 79.9. The maximum absolute atomic E-state index is 12.1. The fourth-order valence-corrected chi connectivity index (χ4v) is 2.26. The lowest BCUT2D eigenvalue weighted by atomic mass is 10.0. The summed E-state index contributed by atoms with van der Waals surface area (Å²) in [5, 5.41) is 3.79. The number of hydrogen-bond donors (Lipinski definition) is 0. The Kier molecular flexibility index (Phi) is 6.51. The Morgan fingerprint density at radius 1 is 1.26 bits per heavy atom. The molecule has 0 aliphatic carbocycles. The van der Waals surface area contributed by atoms with E-state index in [1.165, 1.54) is 7.11 Å². The lowest BCUT2D eigenvalue weighted by Gasteiger charge is -2.13. The molecule has 0 saturated heterocycles. The van der Waals surface area contributed by atoms with Crippen molar-refractivity contribution in [2.75, 3.05) is 7.11 Å². The van der Waals surface area contributed by atoms with Gasteiger partial charge in [-0.2, -0.15) is 0 Å². The number of halogens is 2. The standard InChI is InChI=1S/C13H15Br2NO3/c1-8(2)19-13(17)11(16-18-3)9-6-4-5-7-10(9)12(14)15/h4-8,12H,1-3H3/b16-11+. The molecule has 0 heterocycles. The molecule has 0 N–H and O–H groups in total. The van der Waals surface area contributed by atoms with E-state index < -0.39 is 5.97 Å². The smallest absolute Gasteiger partial charge is 0.361 e. The Balaban J connectivity index is 3.21. The summed E-state index contributed by atoms with van der Waals surface area (Å²) in [6, 6.07) is 7.39. The van der Waals surface area contributed by atoms with Crippen LogP contribution >= 0.6 is 31.9 Å². The fraction of sp³-hybridized carbons (Fsp3) is 0.385. The summed E-state index contributed by atoms with van der Waals surface area (Å²) in [5.41, 5.74) is 1.68. The van der Waals surface area contributed by atoms with Gasteiger partial charge in [0.1, 0.15) is 7.11 Å². The second kappa shape index (κ2) is 7.65. The zero-order valence-electron chi connectivity index (χ0n) is 10.9. The molecule has 1 aromatic rings. The summed E-state index contributed by atoms with van der Waals surface area (Å²) in [6.45, 7) is 3.57. The van der Waals surface area contributed by atoms with Crippen LogP contribution in [0.3, 0.4) is 0 Å². The molecule has 0 aromatic heterocycles. The Morgan fingerprint density at radius 3 is 2.42 bits per heavy atom. The minimum Gasteiger partial charge on any atom is -0.458 e. The van der Waals surface area contributed by atoms with Crippen LogP contribution in [-0.4, -0.2) is 24.9 Å². The predicted octanol–water partition coefficient (Wildman–Crippen LogP) is 3.78. The van der Waals surface area contributed by atoms with Crippen LogP contribution < -0.4 is 0 Å². The molecule has 0 aliphatic rings. The van der Waals surface area contributed by atoms with Gasteiger partial charge >= 0.3 is 5.97 Å². The van der Waals surface area contributed by atoms with E-state index in [1.807, 2.05) is 18.2 Å². The summed E-state index contributed by atoms with van der Waals surface area (Å²) < 4.78 is 5.08. The first-order valence-corrected chi connectivity index (χ1v) is 7.50. The van der Waals surface area contributed by atoms with E-state index in [-0.39, 0.29) is 15.6 Å². The molecule has 0 aliphatic heterocycles. The number of nitrogens with zero attached hydrogens (tertiary/aromatic N) is 1. The van der Waals surface area contributed by atoms with Crippen LogP contribution in [0.1, 0.15) is 28.7 Å². The number of carbonyl (C=O) groups is 1. The van der Waals surface area contributed by atoms with E-state index in [4.69, 9.17) is 9.57 Å². The highest BCUT2D eigenvalue weighted by Crippen LogP contribution is 2.32. The summed E-state index contributed by atoms with van der Waals surface area (Å²) in [5.74, 6) is -0.509. The van der Waals surface area contributed by atoms with Crippen LogP contribution in [0.2, 0.25) is 0 Å². The monoisotopic (exact) mass is 391 g/mol. The van der Waals surface area contributed by atoms with Gasteiger partial charge in [0, 0.05) is 5.56 Å². The van der Waals surface area contributed by atoms with Gasteiger partial charge in [0.15, 0.2) is 5.71 Å². The van der Waals surface area contributed by atoms with E-state index in [9.17, 15) is 4.79 Å². The van der Waals surface area contributed by atoms with Crippen molar-refractivity contribution in [2.45, 2.75) is 23.7 Å². The third kappa shape index (κ3) is 4.62. The topological polar surface area (TPSA) is 47.9 Å². The molecule has 0 bridgehead atoms. The zero-order valence-corrected chi connectivity index (χ0v) is 14.1. The van der Waals surface area contributed by atoms with Gasteiger partial charge in [-0.3, -0.25) is 0 Å². The Labute approximate surface area is 129 Å². The van der Waals surface area contributed by atoms with E-state index in [2.05, 4.69) is 37.0 Å². The van der Waals surface area contributed by atoms with E-state index in [0.29, 0.717) is 5.56 Å². The van der Waals surface area contributed by atoms with Crippen molar-refractivity contribution in [1.29, 1.82) is 0 Å². The van der Waals surface area contributed by atoms with Crippen LogP contribution in [-0.2, 0) is 14.4 Å². The van der Waals surface area contributed by atoms with Crippen LogP contribution in [0.25, 0.3) is 0 Å². The van der Waals surface area contributed by atoms with E-state index in [1.54, 1.807) is 19.9 Å². The average Bonchev–Trinajstić information content (AvgIpc) is 2.35. The van der Waals surface area contributed by atoms with Gasteiger partial charge < -0.3 is 9.57 Å². The summed E-state index contributed by atoms with van der Waals surface area (Å²) in [4.78, 5) is 16.8. The molecule has 104 valence electrons. The van der Waals surface area contributed by atoms with Crippen LogP contribution in [0.5, 0.6) is 0 Å². The minimum absolute atomic E-state index is 0.0925. The second-order valence-electron chi connectivity index (χ2n) is 3.96. The Morgan fingerprint density at radius 2 is 1.89 bits per heavy atom. The molecule has 0 saturated carbocycles. The average molecular weight is 393 g/mol. The first-order valence-electron chi connectivity index (χ1n) is 5.67. The molecule has 0 amide bonds. The van der Waals surface area contributed by atoms with E-state index >= 15 is 0 Å². The second-order valence-corrected chi connectivity index (χ2v) is 7.02. The third-order valence-corrected chi connectivity index (χ3v) is 3.16. The minimum atomic E-state index is -0.509. The van der Waals surface area contributed by atoms with Crippen LogP contribution in [0.15, 0.2) is 29.4 Å². The predicted molar refractivity (Wildman–Crippen MR) is 81.8 cm³/mol. The van der Waals surface area contributed by atoms with Crippen molar-refractivity contribution in [2.24, 2.45) is 5.16 Å². The molecule has 1 rings (SSSR count). The first-order chi connectivity index (χ1) is 8.97. The number of hydrogen-bond acceptors (Lipinski definition) is 4. The highest BCUT2D eigenvalue weighted by Gasteiger charge is 2.22. The molecule has 4 nitrogen and oxygen atoms in total. The van der Waals surface area contributed by atoms with Crippen LogP contribution in [0.4, 0.5) is 0 Å². The first kappa shape index (κ1) is 16.2. The quantitative estimate of drug-likeness (QED) is 0.331. The summed E-state index contributed by atoms with van der Waals surface area (Å²) in [6.07, 6.45) is -0.217. The highest BCUT2D eigenvalue weighted by molar-refractivity contribution is 9.24. The van der Waals surface area contributed by atoms with Gasteiger partial charge in [-0.05, 0) is 19.4 Å². The molecule has 0 spiro atoms. The molecule has 0 atom stereocenters. The molecular weight excluding hydrogens is 378 g/mol. The Bertz CT molecular complexity index is 473. The maximum atomic E-state index is 12.1. The zero-order chi connectivity index (χ0) is 14.4. The number of ether oxygens (including phenoxy) is 1. The third-order valence-electron chi connectivity index (χ3n) is 2.17. The van der Waals surface area contributed by atoms with Crippen molar-refractivity contribution in [3.63, 3.8) is 0 Å². The number of esters is 1. The Hall–Kier alpha value is -0.880. The maximum Gasteiger partial charge on any atom is 0.361 e. The van der Waals surface area contributed by atoms with Crippen molar-refractivity contribution in [1.82, 2.24) is 0 Å². The normalized spacial score (nSPS) is 11.8. The van der Waals surface area contributed by atoms with E-state index in [0.717, 1.165) is 5.56 Å².